The minimum Gasteiger partial charge on any atom is -0.316 e. The van der Waals surface area contributed by atoms with Gasteiger partial charge in [-0.2, -0.15) is 0 Å². The number of rotatable bonds is 7. The highest BCUT2D eigenvalue weighted by molar-refractivity contribution is 4.90. The smallest absolute Gasteiger partial charge is 0.00994 e. The Morgan fingerprint density at radius 2 is 2.06 bits per heavy atom. The van der Waals surface area contributed by atoms with Crippen molar-refractivity contribution in [1.29, 1.82) is 0 Å². The van der Waals surface area contributed by atoms with Gasteiger partial charge in [-0.1, -0.05) is 20.3 Å². The Morgan fingerprint density at radius 1 is 1.24 bits per heavy atom. The zero-order chi connectivity index (χ0) is 12.1. The number of piperidine rings is 1. The van der Waals surface area contributed by atoms with E-state index >= 15 is 0 Å². The maximum absolute atomic E-state index is 3.56. The minimum atomic E-state index is 0.856. The minimum absolute atomic E-state index is 0.856. The zero-order valence-electron chi connectivity index (χ0n) is 11.8. The van der Waals surface area contributed by atoms with Crippen LogP contribution in [-0.2, 0) is 0 Å². The van der Waals surface area contributed by atoms with Crippen LogP contribution >= 0.6 is 0 Å². The van der Waals surface area contributed by atoms with E-state index in [9.17, 15) is 0 Å². The van der Waals surface area contributed by atoms with E-state index in [0.29, 0.717) is 0 Å². The Hall–Kier alpha value is -0.0800. The largest absolute Gasteiger partial charge is 0.316 e. The molecule has 0 spiro atoms. The van der Waals surface area contributed by atoms with Crippen LogP contribution in [0.4, 0.5) is 0 Å². The molecular weight excluding hydrogens is 208 g/mol. The summed E-state index contributed by atoms with van der Waals surface area (Å²) in [6.45, 7) is 8.55. The standard InChI is InChI=1S/C15H30N2/c1-3-6-14(4-2)17(15-8-9-15)12-13-7-5-10-16-11-13/h13-16H,3-12H2,1-2H3. The van der Waals surface area contributed by atoms with Gasteiger partial charge in [-0.3, -0.25) is 4.90 Å². The van der Waals surface area contributed by atoms with Gasteiger partial charge in [0, 0.05) is 18.6 Å². The van der Waals surface area contributed by atoms with Crippen molar-refractivity contribution in [1.82, 2.24) is 10.2 Å². The van der Waals surface area contributed by atoms with Gasteiger partial charge in [0.05, 0.1) is 0 Å². The van der Waals surface area contributed by atoms with E-state index in [4.69, 9.17) is 0 Å². The topological polar surface area (TPSA) is 15.3 Å². The molecular formula is C15H30N2. The van der Waals surface area contributed by atoms with Gasteiger partial charge in [-0.25, -0.2) is 0 Å². The molecule has 1 aliphatic heterocycles. The molecule has 2 aliphatic rings. The van der Waals surface area contributed by atoms with Crippen LogP contribution in [0.15, 0.2) is 0 Å². The fourth-order valence-corrected chi connectivity index (χ4v) is 3.32. The maximum Gasteiger partial charge on any atom is 0.00994 e. The molecule has 1 aliphatic carbocycles. The lowest BCUT2D eigenvalue weighted by Gasteiger charge is -2.35. The van der Waals surface area contributed by atoms with Gasteiger partial charge in [0.25, 0.3) is 0 Å². The van der Waals surface area contributed by atoms with E-state index in [1.165, 1.54) is 64.6 Å². The third kappa shape index (κ3) is 3.96. The van der Waals surface area contributed by atoms with Crippen LogP contribution in [0.25, 0.3) is 0 Å². The van der Waals surface area contributed by atoms with Gasteiger partial charge in [0.15, 0.2) is 0 Å². The fraction of sp³-hybridized carbons (Fsp3) is 1.00. The molecule has 1 saturated heterocycles. The summed E-state index contributed by atoms with van der Waals surface area (Å²) in [5.74, 6) is 0.912. The number of nitrogens with one attached hydrogen (secondary N) is 1. The van der Waals surface area contributed by atoms with Gasteiger partial charge in [-0.05, 0) is 57.5 Å². The Kier molecular flexibility index (Phi) is 5.30. The van der Waals surface area contributed by atoms with E-state index in [0.717, 1.165) is 18.0 Å². The van der Waals surface area contributed by atoms with E-state index in [2.05, 4.69) is 24.1 Å². The quantitative estimate of drug-likeness (QED) is 0.733. The van der Waals surface area contributed by atoms with Gasteiger partial charge in [0.2, 0.25) is 0 Å². The molecule has 1 saturated carbocycles. The van der Waals surface area contributed by atoms with Crippen molar-refractivity contribution in [3.8, 4) is 0 Å². The summed E-state index contributed by atoms with van der Waals surface area (Å²) in [6.07, 6.45) is 9.82. The van der Waals surface area contributed by atoms with E-state index < -0.39 is 0 Å². The molecule has 1 heterocycles. The SMILES string of the molecule is CCCC(CC)N(CC1CCCNC1)C1CC1. The van der Waals surface area contributed by atoms with Crippen molar-refractivity contribution in [3.63, 3.8) is 0 Å². The predicted octanol–water partition coefficient (Wildman–Crippen LogP) is 3.03. The Labute approximate surface area is 107 Å². The molecule has 2 nitrogen and oxygen atoms in total. The molecule has 0 amide bonds. The van der Waals surface area contributed by atoms with E-state index in [1.54, 1.807) is 0 Å². The Balaban J connectivity index is 1.86. The second-order valence-electron chi connectivity index (χ2n) is 5.99. The molecule has 1 N–H and O–H groups in total. The summed E-state index contributed by atoms with van der Waals surface area (Å²) in [4.78, 5) is 2.86. The summed E-state index contributed by atoms with van der Waals surface area (Å²) >= 11 is 0. The molecule has 2 unspecified atom stereocenters. The van der Waals surface area contributed by atoms with Gasteiger partial charge < -0.3 is 5.32 Å². The highest BCUT2D eigenvalue weighted by atomic mass is 15.2. The van der Waals surface area contributed by atoms with E-state index in [-0.39, 0.29) is 0 Å². The summed E-state index contributed by atoms with van der Waals surface area (Å²) in [5, 5.41) is 3.56. The first-order valence-corrected chi connectivity index (χ1v) is 7.81. The second kappa shape index (κ2) is 6.75. The molecule has 0 bridgehead atoms. The highest BCUT2D eigenvalue weighted by Crippen LogP contribution is 2.32. The van der Waals surface area contributed by atoms with Crippen LogP contribution in [0.1, 0.15) is 58.8 Å². The highest BCUT2D eigenvalue weighted by Gasteiger charge is 2.34. The van der Waals surface area contributed by atoms with Crippen molar-refractivity contribution >= 4 is 0 Å². The van der Waals surface area contributed by atoms with Crippen LogP contribution in [-0.4, -0.2) is 36.6 Å². The van der Waals surface area contributed by atoms with Crippen molar-refractivity contribution in [2.75, 3.05) is 19.6 Å². The molecule has 0 aromatic rings. The van der Waals surface area contributed by atoms with Crippen LogP contribution in [0, 0.1) is 5.92 Å². The molecule has 0 aromatic carbocycles. The van der Waals surface area contributed by atoms with Crippen molar-refractivity contribution < 1.29 is 0 Å². The number of nitrogens with zero attached hydrogens (tertiary/aromatic N) is 1. The molecule has 2 rings (SSSR count). The van der Waals surface area contributed by atoms with Crippen LogP contribution < -0.4 is 5.32 Å². The van der Waals surface area contributed by atoms with Crippen molar-refractivity contribution in [2.45, 2.75) is 70.9 Å². The summed E-state index contributed by atoms with van der Waals surface area (Å²) < 4.78 is 0. The zero-order valence-corrected chi connectivity index (χ0v) is 11.8. The third-order valence-electron chi connectivity index (χ3n) is 4.45. The average Bonchev–Trinajstić information content (AvgIpc) is 3.19. The fourth-order valence-electron chi connectivity index (χ4n) is 3.32. The summed E-state index contributed by atoms with van der Waals surface area (Å²) in [7, 11) is 0. The maximum atomic E-state index is 3.56. The molecule has 17 heavy (non-hydrogen) atoms. The van der Waals surface area contributed by atoms with Crippen LogP contribution in [0.3, 0.4) is 0 Å². The summed E-state index contributed by atoms with van der Waals surface area (Å²) in [5.41, 5.74) is 0. The summed E-state index contributed by atoms with van der Waals surface area (Å²) in [6, 6.07) is 1.79. The number of hydrogen-bond donors (Lipinski definition) is 1. The second-order valence-corrected chi connectivity index (χ2v) is 5.99. The Morgan fingerprint density at radius 3 is 2.59 bits per heavy atom. The molecule has 100 valence electrons. The first-order chi connectivity index (χ1) is 8.35. The molecule has 2 heteroatoms. The molecule has 0 radical (unpaired) electrons. The molecule has 2 fully saturated rings. The lowest BCUT2D eigenvalue weighted by molar-refractivity contribution is 0.133. The normalized spacial score (nSPS) is 27.4. The predicted molar refractivity (Wildman–Crippen MR) is 74.3 cm³/mol. The first-order valence-electron chi connectivity index (χ1n) is 7.81. The van der Waals surface area contributed by atoms with Gasteiger partial charge >= 0.3 is 0 Å². The average molecular weight is 238 g/mol. The van der Waals surface area contributed by atoms with E-state index in [1.807, 2.05) is 0 Å². The molecule has 0 aromatic heterocycles. The van der Waals surface area contributed by atoms with Crippen LogP contribution in [0.2, 0.25) is 0 Å². The third-order valence-corrected chi connectivity index (χ3v) is 4.45. The first kappa shape index (κ1) is 13.4. The van der Waals surface area contributed by atoms with Crippen molar-refractivity contribution in [2.24, 2.45) is 5.92 Å². The van der Waals surface area contributed by atoms with Gasteiger partial charge in [0.1, 0.15) is 0 Å². The lowest BCUT2D eigenvalue weighted by atomic mass is 9.97. The lowest BCUT2D eigenvalue weighted by Crippen LogP contribution is -2.44. The van der Waals surface area contributed by atoms with Crippen LogP contribution in [0.5, 0.6) is 0 Å². The monoisotopic (exact) mass is 238 g/mol. The van der Waals surface area contributed by atoms with Gasteiger partial charge in [-0.15, -0.1) is 0 Å². The Bertz CT molecular complexity index is 207. The van der Waals surface area contributed by atoms with Crippen molar-refractivity contribution in [3.05, 3.63) is 0 Å². The molecule has 2 atom stereocenters. The number of hydrogen-bond acceptors (Lipinski definition) is 2.